The number of azo groups is 2. The molecule has 0 saturated heterocycles. The van der Waals surface area contributed by atoms with Crippen molar-refractivity contribution in [3.05, 3.63) is 84.4 Å². The molecule has 0 spiro atoms. The molecular weight excluding hydrogens is 759 g/mol. The van der Waals surface area contributed by atoms with Crippen molar-refractivity contribution in [1.82, 2.24) is 0 Å². The van der Waals surface area contributed by atoms with Gasteiger partial charge in [-0.3, -0.25) is 18.5 Å². The summed E-state index contributed by atoms with van der Waals surface area (Å²) in [5.74, 6) is -1.46. The van der Waals surface area contributed by atoms with Gasteiger partial charge >= 0.3 is 10.4 Å². The van der Waals surface area contributed by atoms with Crippen molar-refractivity contribution in [2.45, 2.75) is 14.7 Å². The van der Waals surface area contributed by atoms with Crippen LogP contribution in [0.15, 0.2) is 114 Å². The van der Waals surface area contributed by atoms with E-state index in [0.717, 1.165) is 18.2 Å². The first kappa shape index (κ1) is 38.6. The molecule has 0 saturated carbocycles. The highest BCUT2D eigenvalue weighted by Gasteiger charge is 2.23. The minimum absolute atomic E-state index is 0.0691. The molecule has 270 valence electrons. The molecule has 0 aliphatic heterocycles. The molecule has 0 heterocycles. The van der Waals surface area contributed by atoms with E-state index >= 15 is 0 Å². The summed E-state index contributed by atoms with van der Waals surface area (Å²) in [6.45, 7) is -0.840. The highest BCUT2D eigenvalue weighted by Crippen LogP contribution is 2.43. The minimum atomic E-state index is -4.99. The first-order chi connectivity index (χ1) is 23.7. The van der Waals surface area contributed by atoms with Crippen LogP contribution in [0.2, 0.25) is 0 Å². The third-order valence-electron chi connectivity index (χ3n) is 6.44. The van der Waals surface area contributed by atoms with Crippen molar-refractivity contribution < 1.29 is 56.3 Å². The molecule has 0 aromatic heterocycles. The minimum Gasteiger partial charge on any atom is -0.396 e. The number of anilines is 3. The maximum absolute atomic E-state index is 12.8. The fourth-order valence-corrected chi connectivity index (χ4v) is 6.85. The lowest BCUT2D eigenvalue weighted by Gasteiger charge is -2.10. The van der Waals surface area contributed by atoms with Crippen molar-refractivity contribution >= 4 is 86.2 Å². The third-order valence-corrected chi connectivity index (χ3v) is 10.4. The van der Waals surface area contributed by atoms with Gasteiger partial charge in [0.05, 0.1) is 34.3 Å². The van der Waals surface area contributed by atoms with Crippen LogP contribution in [0, 0.1) is 0 Å². The zero-order chi connectivity index (χ0) is 37.8. The second-order valence-electron chi connectivity index (χ2n) is 9.99. The second kappa shape index (κ2) is 15.0. The SMILES string of the molecule is Nc1c(N=Nc2ccccc2S(=O)(=O)O)cc(S(=O)(=O)O)c(N)c1N=Nc1ccc(C(=O)Nc2cccc(S(=O)(=O)CCOS(=O)(=O)O)c2)cc1. The Hall–Kier alpha value is -5.21. The van der Waals surface area contributed by atoms with Gasteiger partial charge in [0.1, 0.15) is 26.9 Å². The van der Waals surface area contributed by atoms with Gasteiger partial charge in [-0.25, -0.2) is 12.6 Å². The second-order valence-corrected chi connectivity index (χ2v) is 16.0. The summed E-state index contributed by atoms with van der Waals surface area (Å²) in [4.78, 5) is 11.1. The smallest absolute Gasteiger partial charge is 0.396 e. The lowest BCUT2D eigenvalue weighted by Crippen LogP contribution is -2.16. The standard InChI is InChI=1S/C27H25N7O13S4/c28-24-21(33-32-20-6-1-2-7-22(20)49(38,39)40)15-23(50(41,42)43)25(29)26(24)34-31-17-10-8-16(9-11-17)27(35)30-18-4-3-5-19(14-18)48(36,37)13-12-47-51(44,45)46/h1-11,14-15H,12-13,28-29H2,(H,30,35)(H,38,39,40)(H,41,42,43)(H,44,45,46). The van der Waals surface area contributed by atoms with Crippen LogP contribution in [0.3, 0.4) is 0 Å². The number of hydrogen-bond donors (Lipinski definition) is 6. The Balaban J connectivity index is 1.57. The largest absolute Gasteiger partial charge is 0.397 e. The predicted octanol–water partition coefficient (Wildman–Crippen LogP) is 4.02. The summed E-state index contributed by atoms with van der Waals surface area (Å²) in [6, 6.07) is 16.0. The summed E-state index contributed by atoms with van der Waals surface area (Å²) in [7, 11) is -18.6. The topological polar surface area (TPSA) is 337 Å². The zero-order valence-electron chi connectivity index (χ0n) is 25.4. The Morgan fingerprint density at radius 1 is 0.686 bits per heavy atom. The van der Waals surface area contributed by atoms with Crippen molar-refractivity contribution in [2.24, 2.45) is 20.5 Å². The van der Waals surface area contributed by atoms with Gasteiger partial charge in [-0.15, -0.1) is 15.3 Å². The average molecular weight is 784 g/mol. The van der Waals surface area contributed by atoms with Crippen molar-refractivity contribution in [1.29, 1.82) is 0 Å². The molecule has 0 aliphatic carbocycles. The van der Waals surface area contributed by atoms with Gasteiger partial charge in [0, 0.05) is 11.3 Å². The van der Waals surface area contributed by atoms with Gasteiger partial charge < -0.3 is 16.8 Å². The van der Waals surface area contributed by atoms with E-state index in [1.54, 1.807) is 0 Å². The molecule has 24 heteroatoms. The van der Waals surface area contributed by atoms with E-state index < -0.39 is 85.6 Å². The van der Waals surface area contributed by atoms with Gasteiger partial charge in [-0.05, 0) is 60.7 Å². The van der Waals surface area contributed by atoms with Crippen molar-refractivity contribution in [3.8, 4) is 0 Å². The maximum atomic E-state index is 12.8. The first-order valence-electron chi connectivity index (χ1n) is 13.6. The van der Waals surface area contributed by atoms with E-state index in [2.05, 4.69) is 30.0 Å². The number of nitrogens with zero attached hydrogens (tertiary/aromatic N) is 4. The van der Waals surface area contributed by atoms with E-state index in [4.69, 9.17) is 16.0 Å². The molecule has 0 radical (unpaired) electrons. The van der Waals surface area contributed by atoms with Gasteiger partial charge in [0.2, 0.25) is 0 Å². The summed E-state index contributed by atoms with van der Waals surface area (Å²) in [5, 5.41) is 17.8. The highest BCUT2D eigenvalue weighted by atomic mass is 32.3. The van der Waals surface area contributed by atoms with E-state index in [-0.39, 0.29) is 33.2 Å². The Labute approximate surface area is 290 Å². The number of hydrogen-bond acceptors (Lipinski definition) is 16. The molecule has 0 atom stereocenters. The fraction of sp³-hybridized carbons (Fsp3) is 0.0741. The van der Waals surface area contributed by atoms with Gasteiger partial charge in [0.15, 0.2) is 9.84 Å². The molecule has 4 aromatic rings. The van der Waals surface area contributed by atoms with Crippen LogP contribution >= 0.6 is 0 Å². The molecule has 51 heavy (non-hydrogen) atoms. The number of amides is 1. The van der Waals surface area contributed by atoms with Crippen molar-refractivity contribution in [2.75, 3.05) is 29.1 Å². The van der Waals surface area contributed by atoms with Crippen LogP contribution in [-0.4, -0.2) is 65.6 Å². The van der Waals surface area contributed by atoms with E-state index in [0.29, 0.717) is 0 Å². The Kier molecular flexibility index (Phi) is 11.3. The quantitative estimate of drug-likeness (QED) is 0.0633. The monoisotopic (exact) mass is 783 g/mol. The molecule has 4 rings (SSSR count). The number of nitrogens with one attached hydrogen (secondary N) is 1. The van der Waals surface area contributed by atoms with Crippen LogP contribution < -0.4 is 16.8 Å². The van der Waals surface area contributed by atoms with E-state index in [1.165, 1.54) is 60.7 Å². The average Bonchev–Trinajstić information content (AvgIpc) is 3.03. The van der Waals surface area contributed by atoms with Crippen LogP contribution in [0.1, 0.15) is 10.4 Å². The molecule has 1 amide bonds. The Morgan fingerprint density at radius 3 is 1.94 bits per heavy atom. The number of rotatable bonds is 13. The number of sulfone groups is 1. The number of carbonyl (C=O) groups is 1. The molecule has 0 fully saturated rings. The van der Waals surface area contributed by atoms with Crippen LogP contribution in [0.25, 0.3) is 0 Å². The summed E-state index contributed by atoms with van der Waals surface area (Å²) < 4.78 is 126. The Morgan fingerprint density at radius 2 is 1.31 bits per heavy atom. The van der Waals surface area contributed by atoms with Crippen LogP contribution in [0.5, 0.6) is 0 Å². The number of nitrogen functional groups attached to an aromatic ring is 2. The lowest BCUT2D eigenvalue weighted by atomic mass is 10.2. The first-order valence-corrected chi connectivity index (χ1v) is 19.5. The summed E-state index contributed by atoms with van der Waals surface area (Å²) in [5.41, 5.74) is 10.0. The molecule has 0 aliphatic rings. The van der Waals surface area contributed by atoms with Gasteiger partial charge in [-0.2, -0.15) is 30.4 Å². The third kappa shape index (κ3) is 10.2. The molecular formula is C27H25N7O13S4. The molecule has 20 nitrogen and oxygen atoms in total. The molecule has 8 N–H and O–H groups in total. The van der Waals surface area contributed by atoms with Crippen molar-refractivity contribution in [3.63, 3.8) is 0 Å². The Bertz CT molecular complexity index is 2510. The number of carbonyl (C=O) groups excluding carboxylic acids is 1. The summed E-state index contributed by atoms with van der Waals surface area (Å²) in [6.07, 6.45) is 0. The maximum Gasteiger partial charge on any atom is 0.397 e. The van der Waals surface area contributed by atoms with Gasteiger partial charge in [-0.1, -0.05) is 18.2 Å². The van der Waals surface area contributed by atoms with Crippen LogP contribution in [-0.2, 0) is 44.7 Å². The van der Waals surface area contributed by atoms with E-state index in [1.807, 2.05) is 0 Å². The molecule has 4 aromatic carbocycles. The normalized spacial score (nSPS) is 12.8. The number of benzene rings is 4. The fourth-order valence-electron chi connectivity index (χ4n) is 4.06. The molecule has 0 unspecified atom stereocenters. The highest BCUT2D eigenvalue weighted by molar-refractivity contribution is 7.91. The lowest BCUT2D eigenvalue weighted by molar-refractivity contribution is 0.102. The van der Waals surface area contributed by atoms with Gasteiger partial charge in [0.25, 0.3) is 26.1 Å². The predicted molar refractivity (Wildman–Crippen MR) is 180 cm³/mol. The molecule has 0 bridgehead atoms. The summed E-state index contributed by atoms with van der Waals surface area (Å²) >= 11 is 0. The zero-order valence-corrected chi connectivity index (χ0v) is 28.7. The van der Waals surface area contributed by atoms with Crippen LogP contribution in [0.4, 0.5) is 39.8 Å². The number of nitrogens with two attached hydrogens (primary N) is 2. The van der Waals surface area contributed by atoms with E-state index in [9.17, 15) is 47.6 Å².